The molecule has 0 atom stereocenters. The first kappa shape index (κ1) is 16.7. The van der Waals surface area contributed by atoms with Gasteiger partial charge >= 0.3 is 0 Å². The second-order valence-electron chi connectivity index (χ2n) is 4.96. The Morgan fingerprint density at radius 2 is 2.17 bits per heavy atom. The minimum absolute atomic E-state index is 0.255. The van der Waals surface area contributed by atoms with Crippen LogP contribution in [0.4, 0.5) is 0 Å². The smallest absolute Gasteiger partial charge is 0.272 e. The van der Waals surface area contributed by atoms with E-state index in [4.69, 9.17) is 4.74 Å². The third kappa shape index (κ3) is 3.49. The van der Waals surface area contributed by atoms with Gasteiger partial charge in [0, 0.05) is 17.5 Å². The van der Waals surface area contributed by atoms with E-state index in [1.165, 1.54) is 17.4 Å². The molecule has 0 aliphatic rings. The van der Waals surface area contributed by atoms with Crippen molar-refractivity contribution in [2.45, 2.75) is 20.4 Å². The van der Waals surface area contributed by atoms with E-state index in [-0.39, 0.29) is 5.91 Å². The fraction of sp³-hybridized carbons (Fsp3) is 0.222. The average molecular weight is 358 g/mol. The second-order valence-corrected chi connectivity index (χ2v) is 6.95. The monoisotopic (exact) mass is 358 g/mol. The Morgan fingerprint density at radius 3 is 2.88 bits per heavy atom. The van der Waals surface area contributed by atoms with Crippen molar-refractivity contribution in [2.24, 2.45) is 4.99 Å². The maximum atomic E-state index is 12.2. The van der Waals surface area contributed by atoms with Gasteiger partial charge < -0.3 is 9.30 Å². The van der Waals surface area contributed by atoms with Crippen LogP contribution in [-0.4, -0.2) is 17.1 Å². The van der Waals surface area contributed by atoms with Gasteiger partial charge in [-0.1, -0.05) is 23.5 Å². The molecule has 3 rings (SSSR count). The highest BCUT2D eigenvalue weighted by Crippen LogP contribution is 2.27. The number of para-hydroxylation sites is 1. The topological polar surface area (TPSA) is 43.6 Å². The van der Waals surface area contributed by atoms with Crippen LogP contribution in [-0.2, 0) is 11.3 Å². The zero-order chi connectivity index (χ0) is 16.9. The molecule has 1 amide bonds. The van der Waals surface area contributed by atoms with Crippen molar-refractivity contribution in [2.75, 3.05) is 6.61 Å². The summed E-state index contributed by atoms with van der Waals surface area (Å²) in [6, 6.07) is 9.87. The lowest BCUT2D eigenvalue weighted by atomic mass is 10.3. The number of benzene rings is 1. The van der Waals surface area contributed by atoms with E-state index < -0.39 is 0 Å². The lowest BCUT2D eigenvalue weighted by molar-refractivity contribution is -0.113. The van der Waals surface area contributed by atoms with Gasteiger partial charge in [-0.3, -0.25) is 4.79 Å². The molecule has 0 saturated heterocycles. The summed E-state index contributed by atoms with van der Waals surface area (Å²) in [6.45, 7) is 5.34. The lowest BCUT2D eigenvalue weighted by Crippen LogP contribution is -2.15. The third-order valence-corrected chi connectivity index (χ3v) is 5.30. The molecule has 0 unspecified atom stereocenters. The Kier molecular flexibility index (Phi) is 5.27. The highest BCUT2D eigenvalue weighted by molar-refractivity contribution is 7.16. The number of nitrogens with zero attached hydrogens (tertiary/aromatic N) is 2. The molecule has 0 fully saturated rings. The lowest BCUT2D eigenvalue weighted by Gasteiger charge is -2.07. The van der Waals surface area contributed by atoms with E-state index in [0.717, 1.165) is 27.4 Å². The summed E-state index contributed by atoms with van der Waals surface area (Å²) in [4.78, 5) is 18.2. The van der Waals surface area contributed by atoms with Crippen LogP contribution in [0.2, 0.25) is 0 Å². The first-order valence-electron chi connectivity index (χ1n) is 7.78. The fourth-order valence-electron chi connectivity index (χ4n) is 2.42. The number of thiazole rings is 1. The molecule has 4 nitrogen and oxygen atoms in total. The molecule has 0 saturated carbocycles. The van der Waals surface area contributed by atoms with Crippen molar-refractivity contribution < 1.29 is 9.53 Å². The van der Waals surface area contributed by atoms with E-state index in [9.17, 15) is 4.79 Å². The summed E-state index contributed by atoms with van der Waals surface area (Å²) in [5, 5.41) is 1.98. The molecule has 0 radical (unpaired) electrons. The van der Waals surface area contributed by atoms with Crippen LogP contribution in [0.5, 0.6) is 5.75 Å². The summed E-state index contributed by atoms with van der Waals surface area (Å²) in [6.07, 6.45) is 3.31. The predicted octanol–water partition coefficient (Wildman–Crippen LogP) is 4.32. The van der Waals surface area contributed by atoms with Gasteiger partial charge in [0.05, 0.1) is 11.3 Å². The van der Waals surface area contributed by atoms with Gasteiger partial charge in [-0.15, -0.1) is 11.3 Å². The molecule has 24 heavy (non-hydrogen) atoms. The van der Waals surface area contributed by atoms with Crippen molar-refractivity contribution in [3.63, 3.8) is 0 Å². The molecular weight excluding hydrogens is 340 g/mol. The summed E-state index contributed by atoms with van der Waals surface area (Å²) in [5.41, 5.74) is 1.00. The molecular formula is C18H18N2O2S2. The standard InChI is InChI=1S/C18H18N2O2S2/c1-3-20-17-14(22-4-2)8-5-9-15(17)24-18(20)19-16(21)11-10-13-7-6-12-23-13/h5-12H,3-4H2,1-2H3/b11-10+,19-18?. The maximum Gasteiger partial charge on any atom is 0.272 e. The fourth-order valence-corrected chi connectivity index (χ4v) is 4.15. The Balaban J connectivity index is 2.02. The number of hydrogen-bond donors (Lipinski definition) is 0. The summed E-state index contributed by atoms with van der Waals surface area (Å²) in [7, 11) is 0. The van der Waals surface area contributed by atoms with Gasteiger partial charge in [-0.2, -0.15) is 4.99 Å². The second kappa shape index (κ2) is 7.59. The molecule has 0 aliphatic heterocycles. The van der Waals surface area contributed by atoms with Crippen LogP contribution in [0.15, 0.2) is 46.8 Å². The Bertz CT molecular complexity index is 934. The highest BCUT2D eigenvalue weighted by atomic mass is 32.1. The molecule has 1 aromatic carbocycles. The van der Waals surface area contributed by atoms with E-state index in [0.29, 0.717) is 11.4 Å². The minimum atomic E-state index is -0.255. The first-order valence-corrected chi connectivity index (χ1v) is 9.48. The number of carbonyl (C=O) groups is 1. The van der Waals surface area contributed by atoms with E-state index in [2.05, 4.69) is 4.99 Å². The quantitative estimate of drug-likeness (QED) is 0.637. The van der Waals surface area contributed by atoms with E-state index >= 15 is 0 Å². The number of ether oxygens (including phenoxy) is 1. The number of fused-ring (bicyclic) bond motifs is 1. The molecule has 0 bridgehead atoms. The first-order chi connectivity index (χ1) is 11.7. The number of aromatic nitrogens is 1. The SMILES string of the molecule is CCOc1cccc2sc(=NC(=O)/C=C/c3cccs3)n(CC)c12. The highest BCUT2D eigenvalue weighted by Gasteiger charge is 2.10. The normalized spacial score (nSPS) is 12.3. The van der Waals surface area contributed by atoms with Crippen molar-refractivity contribution in [3.8, 4) is 5.75 Å². The third-order valence-electron chi connectivity index (χ3n) is 3.42. The molecule has 0 spiro atoms. The minimum Gasteiger partial charge on any atom is -0.492 e. The number of aryl methyl sites for hydroxylation is 1. The van der Waals surface area contributed by atoms with E-state index in [1.807, 2.05) is 54.1 Å². The number of hydrogen-bond acceptors (Lipinski definition) is 4. The number of carbonyl (C=O) groups excluding carboxylic acids is 1. The van der Waals surface area contributed by atoms with Crippen LogP contribution in [0.3, 0.4) is 0 Å². The molecule has 0 N–H and O–H groups in total. The van der Waals surface area contributed by atoms with Crippen molar-refractivity contribution in [1.82, 2.24) is 4.57 Å². The van der Waals surface area contributed by atoms with Crippen LogP contribution in [0, 0.1) is 0 Å². The zero-order valence-corrected chi connectivity index (χ0v) is 15.2. The summed E-state index contributed by atoms with van der Waals surface area (Å²) >= 11 is 3.09. The number of thiophene rings is 1. The van der Waals surface area contributed by atoms with Gasteiger partial charge in [-0.25, -0.2) is 0 Å². The molecule has 3 aromatic rings. The predicted molar refractivity (Wildman–Crippen MR) is 101 cm³/mol. The zero-order valence-electron chi connectivity index (χ0n) is 13.6. The molecule has 2 aromatic heterocycles. The summed E-state index contributed by atoms with van der Waals surface area (Å²) in [5.74, 6) is 0.575. The van der Waals surface area contributed by atoms with Gasteiger partial charge in [0.2, 0.25) is 0 Å². The molecule has 0 aliphatic carbocycles. The number of amides is 1. The van der Waals surface area contributed by atoms with Crippen LogP contribution in [0.25, 0.3) is 16.3 Å². The van der Waals surface area contributed by atoms with Gasteiger partial charge in [0.1, 0.15) is 11.3 Å². The maximum absolute atomic E-state index is 12.2. The average Bonchev–Trinajstić information content (AvgIpc) is 3.20. The Morgan fingerprint density at radius 1 is 1.29 bits per heavy atom. The van der Waals surface area contributed by atoms with Gasteiger partial charge in [-0.05, 0) is 43.5 Å². The number of rotatable bonds is 5. The van der Waals surface area contributed by atoms with Crippen LogP contribution in [0.1, 0.15) is 18.7 Å². The Labute approximate surface area is 148 Å². The van der Waals surface area contributed by atoms with Crippen molar-refractivity contribution >= 4 is 44.9 Å². The molecule has 124 valence electrons. The van der Waals surface area contributed by atoms with Crippen molar-refractivity contribution in [1.29, 1.82) is 0 Å². The summed E-state index contributed by atoms with van der Waals surface area (Å²) < 4.78 is 8.82. The van der Waals surface area contributed by atoms with Crippen LogP contribution < -0.4 is 9.54 Å². The van der Waals surface area contributed by atoms with Crippen LogP contribution >= 0.6 is 22.7 Å². The molecule has 2 heterocycles. The van der Waals surface area contributed by atoms with Gasteiger partial charge in [0.15, 0.2) is 4.80 Å². The van der Waals surface area contributed by atoms with Crippen molar-refractivity contribution in [3.05, 3.63) is 51.5 Å². The molecule has 6 heteroatoms. The Hall–Kier alpha value is -2.18. The van der Waals surface area contributed by atoms with Gasteiger partial charge in [0.25, 0.3) is 5.91 Å². The largest absolute Gasteiger partial charge is 0.492 e. The van der Waals surface area contributed by atoms with E-state index in [1.54, 1.807) is 17.4 Å².